The number of sulfone groups is 1. The van der Waals surface area contributed by atoms with E-state index in [1.54, 1.807) is 43.3 Å². The van der Waals surface area contributed by atoms with Crippen molar-refractivity contribution in [3.05, 3.63) is 54.1 Å². The second-order valence-electron chi connectivity index (χ2n) is 5.63. The molecular weight excluding hydrogens is 362 g/mol. The van der Waals surface area contributed by atoms with Gasteiger partial charge in [-0.15, -0.1) is 11.6 Å². The molecule has 1 N–H and O–H groups in total. The predicted molar refractivity (Wildman–Crippen MR) is 96.9 cm³/mol. The van der Waals surface area contributed by atoms with Crippen LogP contribution in [-0.4, -0.2) is 31.9 Å². The molecule has 132 valence electrons. The Labute approximate surface area is 151 Å². The number of ketones is 2. The molecule has 2 rings (SSSR count). The van der Waals surface area contributed by atoms with E-state index in [9.17, 15) is 18.0 Å². The van der Waals surface area contributed by atoms with E-state index in [1.807, 2.05) is 6.92 Å². The van der Waals surface area contributed by atoms with Crippen LogP contribution in [0.15, 0.2) is 58.3 Å². The third-order valence-corrected chi connectivity index (χ3v) is 5.70. The summed E-state index contributed by atoms with van der Waals surface area (Å²) in [5.41, 5.74) is 1.51. The molecule has 0 amide bonds. The minimum absolute atomic E-state index is 0.151. The van der Waals surface area contributed by atoms with E-state index in [0.29, 0.717) is 5.69 Å². The summed E-state index contributed by atoms with van der Waals surface area (Å²) in [6.07, 6.45) is 0. The molecule has 0 saturated carbocycles. The SMILES string of the molecule is Cc1ccc(S(=O)(=O)c2ccc(N[C@@H](C)C(=O)C(=O)CCl)cc2)cc1. The number of nitrogens with one attached hydrogen (secondary N) is 1. The highest BCUT2D eigenvalue weighted by Crippen LogP contribution is 2.23. The Bertz CT molecular complexity index is 874. The van der Waals surface area contributed by atoms with Gasteiger partial charge in [0, 0.05) is 5.69 Å². The Morgan fingerprint density at radius 1 is 1.00 bits per heavy atom. The molecule has 25 heavy (non-hydrogen) atoms. The van der Waals surface area contributed by atoms with Crippen LogP contribution in [0.4, 0.5) is 5.69 Å². The molecule has 0 aromatic heterocycles. The Hall–Kier alpha value is -2.18. The van der Waals surface area contributed by atoms with Crippen LogP contribution in [0.3, 0.4) is 0 Å². The molecule has 0 spiro atoms. The maximum absolute atomic E-state index is 12.6. The average molecular weight is 380 g/mol. The van der Waals surface area contributed by atoms with Gasteiger partial charge in [-0.25, -0.2) is 8.42 Å². The number of anilines is 1. The highest BCUT2D eigenvalue weighted by atomic mass is 35.5. The summed E-state index contributed by atoms with van der Waals surface area (Å²) in [5.74, 6) is -1.65. The Morgan fingerprint density at radius 2 is 1.48 bits per heavy atom. The summed E-state index contributed by atoms with van der Waals surface area (Å²) < 4.78 is 25.2. The van der Waals surface area contributed by atoms with Gasteiger partial charge in [0.25, 0.3) is 0 Å². The van der Waals surface area contributed by atoms with E-state index in [1.165, 1.54) is 12.1 Å². The average Bonchev–Trinajstić information content (AvgIpc) is 2.61. The molecule has 0 radical (unpaired) electrons. The summed E-state index contributed by atoms with van der Waals surface area (Å²) in [6.45, 7) is 3.43. The molecule has 0 heterocycles. The van der Waals surface area contributed by atoms with Crippen molar-refractivity contribution in [3.63, 3.8) is 0 Å². The molecule has 5 nitrogen and oxygen atoms in total. The molecule has 2 aromatic carbocycles. The first-order valence-corrected chi connectivity index (χ1v) is 9.59. The number of halogens is 1. The van der Waals surface area contributed by atoms with Gasteiger partial charge in [-0.1, -0.05) is 17.7 Å². The number of carbonyl (C=O) groups is 2. The number of hydrogen-bond acceptors (Lipinski definition) is 5. The zero-order valence-electron chi connectivity index (χ0n) is 13.8. The van der Waals surface area contributed by atoms with Crippen molar-refractivity contribution >= 4 is 38.7 Å². The summed E-state index contributed by atoms with van der Waals surface area (Å²) in [7, 11) is -3.60. The van der Waals surface area contributed by atoms with Crippen LogP contribution in [0, 0.1) is 6.92 Å². The van der Waals surface area contributed by atoms with Crippen molar-refractivity contribution < 1.29 is 18.0 Å². The van der Waals surface area contributed by atoms with E-state index < -0.39 is 27.4 Å². The molecule has 0 bridgehead atoms. The predicted octanol–water partition coefficient (Wildman–Crippen LogP) is 3.01. The van der Waals surface area contributed by atoms with Crippen molar-refractivity contribution in [1.82, 2.24) is 0 Å². The lowest BCUT2D eigenvalue weighted by Gasteiger charge is -2.13. The largest absolute Gasteiger partial charge is 0.375 e. The van der Waals surface area contributed by atoms with E-state index in [-0.39, 0.29) is 15.7 Å². The van der Waals surface area contributed by atoms with Crippen LogP contribution in [0.25, 0.3) is 0 Å². The molecule has 0 aliphatic rings. The van der Waals surface area contributed by atoms with Crippen molar-refractivity contribution in [2.45, 2.75) is 29.7 Å². The second-order valence-corrected chi connectivity index (χ2v) is 7.84. The summed E-state index contributed by atoms with van der Waals surface area (Å²) in [4.78, 5) is 23.4. The fourth-order valence-electron chi connectivity index (χ4n) is 2.21. The minimum atomic E-state index is -3.60. The normalized spacial score (nSPS) is 12.4. The summed E-state index contributed by atoms with van der Waals surface area (Å²) in [5, 5.41) is 2.86. The number of rotatable bonds is 7. The number of benzene rings is 2. The number of carbonyl (C=O) groups excluding carboxylic acids is 2. The third kappa shape index (κ3) is 4.46. The van der Waals surface area contributed by atoms with Gasteiger partial charge in [-0.2, -0.15) is 0 Å². The smallest absolute Gasteiger partial charge is 0.221 e. The minimum Gasteiger partial charge on any atom is -0.375 e. The first kappa shape index (κ1) is 19.1. The Kier molecular flexibility index (Phi) is 5.98. The van der Waals surface area contributed by atoms with Gasteiger partial charge in [0.15, 0.2) is 0 Å². The number of aryl methyl sites for hydroxylation is 1. The standard InChI is InChI=1S/C18H18ClNO4S/c1-12-3-7-15(8-4-12)25(23,24)16-9-5-14(6-10-16)20-13(2)18(22)17(21)11-19/h3-10,13,20H,11H2,1-2H3/t13-/m0/s1. The molecule has 0 aliphatic heterocycles. The quantitative estimate of drug-likeness (QED) is 0.590. The van der Waals surface area contributed by atoms with Crippen LogP contribution < -0.4 is 5.32 Å². The van der Waals surface area contributed by atoms with Crippen molar-refractivity contribution in [3.8, 4) is 0 Å². The lowest BCUT2D eigenvalue weighted by molar-refractivity contribution is -0.135. The van der Waals surface area contributed by atoms with Gasteiger partial charge in [-0.05, 0) is 50.2 Å². The van der Waals surface area contributed by atoms with Crippen molar-refractivity contribution in [2.75, 3.05) is 11.2 Å². The maximum atomic E-state index is 12.6. The molecule has 0 aliphatic carbocycles. The second kappa shape index (κ2) is 7.80. The number of Topliss-reactive ketones (excluding diaryl/α,β-unsaturated/α-hetero) is 2. The number of alkyl halides is 1. The lowest BCUT2D eigenvalue weighted by Crippen LogP contribution is -2.33. The molecule has 0 fully saturated rings. The zero-order valence-corrected chi connectivity index (χ0v) is 15.4. The molecule has 0 unspecified atom stereocenters. The first-order valence-electron chi connectivity index (χ1n) is 7.57. The van der Waals surface area contributed by atoms with E-state index in [2.05, 4.69) is 5.32 Å². The molecule has 1 atom stereocenters. The molecule has 0 saturated heterocycles. The fourth-order valence-corrected chi connectivity index (χ4v) is 3.60. The zero-order chi connectivity index (χ0) is 18.6. The molecular formula is C18H18ClNO4S. The van der Waals surface area contributed by atoms with Crippen LogP contribution in [0.2, 0.25) is 0 Å². The monoisotopic (exact) mass is 379 g/mol. The van der Waals surface area contributed by atoms with Gasteiger partial charge >= 0.3 is 0 Å². The van der Waals surface area contributed by atoms with Gasteiger partial charge in [0.2, 0.25) is 21.4 Å². The first-order chi connectivity index (χ1) is 11.8. The number of hydrogen-bond donors (Lipinski definition) is 1. The van der Waals surface area contributed by atoms with E-state index >= 15 is 0 Å². The maximum Gasteiger partial charge on any atom is 0.221 e. The van der Waals surface area contributed by atoms with E-state index in [4.69, 9.17) is 11.6 Å². The summed E-state index contributed by atoms with van der Waals surface area (Å²) >= 11 is 5.37. The molecule has 7 heteroatoms. The van der Waals surface area contributed by atoms with Crippen LogP contribution in [0.5, 0.6) is 0 Å². The van der Waals surface area contributed by atoms with Gasteiger partial charge in [0.1, 0.15) is 0 Å². The topological polar surface area (TPSA) is 80.3 Å². The van der Waals surface area contributed by atoms with Crippen LogP contribution >= 0.6 is 11.6 Å². The van der Waals surface area contributed by atoms with Crippen LogP contribution in [0.1, 0.15) is 12.5 Å². The highest BCUT2D eigenvalue weighted by Gasteiger charge is 2.21. The lowest BCUT2D eigenvalue weighted by atomic mass is 10.1. The third-order valence-electron chi connectivity index (χ3n) is 3.67. The Balaban J connectivity index is 2.18. The Morgan fingerprint density at radius 3 is 1.96 bits per heavy atom. The van der Waals surface area contributed by atoms with Gasteiger partial charge < -0.3 is 5.32 Å². The van der Waals surface area contributed by atoms with Gasteiger partial charge in [0.05, 0.1) is 21.7 Å². The van der Waals surface area contributed by atoms with E-state index in [0.717, 1.165) is 5.56 Å². The van der Waals surface area contributed by atoms with Crippen molar-refractivity contribution in [1.29, 1.82) is 0 Å². The van der Waals surface area contributed by atoms with Crippen LogP contribution in [-0.2, 0) is 19.4 Å². The van der Waals surface area contributed by atoms with Gasteiger partial charge in [-0.3, -0.25) is 9.59 Å². The summed E-state index contributed by atoms with van der Waals surface area (Å²) in [6, 6.07) is 11.9. The molecule has 2 aromatic rings. The van der Waals surface area contributed by atoms with Crippen molar-refractivity contribution in [2.24, 2.45) is 0 Å². The fraction of sp³-hybridized carbons (Fsp3) is 0.222. The highest BCUT2D eigenvalue weighted by molar-refractivity contribution is 7.91.